The number of nitrogens with zero attached hydrogens (tertiary/aromatic N) is 1. The number of benzene rings is 3. The van der Waals surface area contributed by atoms with Crippen LogP contribution < -0.4 is 4.74 Å². The molecule has 1 atom stereocenters. The molecule has 1 saturated heterocycles. The molecule has 0 spiro atoms. The topological polar surface area (TPSA) is 41.9 Å². The van der Waals surface area contributed by atoms with Crippen molar-refractivity contribution in [2.45, 2.75) is 12.1 Å². The van der Waals surface area contributed by atoms with Gasteiger partial charge in [0, 0.05) is 24.7 Å². The number of methoxy groups -OCH3 is 1. The van der Waals surface area contributed by atoms with Crippen molar-refractivity contribution < 1.29 is 14.6 Å². The summed E-state index contributed by atoms with van der Waals surface area (Å²) in [7, 11) is 1.63. The molecule has 1 aliphatic rings. The fraction of sp³-hybridized carbons (Fsp3) is 0.280. The Kier molecular flexibility index (Phi) is 6.40. The normalized spacial score (nSPS) is 16.8. The Hall–Kier alpha value is -2.37. The van der Waals surface area contributed by atoms with Gasteiger partial charge in [0.05, 0.1) is 20.3 Å². The third kappa shape index (κ3) is 4.37. The number of rotatable bonds is 6. The molecule has 4 rings (SSSR count). The van der Waals surface area contributed by atoms with Crippen molar-refractivity contribution in [2.75, 3.05) is 33.4 Å². The van der Waals surface area contributed by atoms with Gasteiger partial charge in [0.25, 0.3) is 0 Å². The summed E-state index contributed by atoms with van der Waals surface area (Å²) in [5, 5.41) is 12.6. The van der Waals surface area contributed by atoms with Crippen LogP contribution in [0.5, 0.6) is 5.75 Å². The molecule has 3 aromatic rings. The van der Waals surface area contributed by atoms with Crippen molar-refractivity contribution in [1.29, 1.82) is 0 Å². The van der Waals surface area contributed by atoms with E-state index in [-0.39, 0.29) is 0 Å². The van der Waals surface area contributed by atoms with Gasteiger partial charge < -0.3 is 14.6 Å². The minimum atomic E-state index is -1.30. The van der Waals surface area contributed by atoms with Crippen molar-refractivity contribution in [1.82, 2.24) is 4.90 Å². The lowest BCUT2D eigenvalue weighted by Gasteiger charge is -2.31. The molecular formula is C25H26ClNO3. The summed E-state index contributed by atoms with van der Waals surface area (Å²) < 4.78 is 10.7. The standard InChI is InChI=1S/C25H26ClNO3/c1-29-24-12-8-22(9-13-24)25(28,21-6-10-23(26)11-7-21)20-4-2-19(3-5-20)18-27-14-16-30-17-15-27/h2-13,28H,14-18H2,1H3. The lowest BCUT2D eigenvalue weighted by molar-refractivity contribution is 0.0342. The SMILES string of the molecule is COc1ccc(C(O)(c2ccc(Cl)cc2)c2ccc(CN3CCOCC3)cc2)cc1. The van der Waals surface area contributed by atoms with Gasteiger partial charge in [-0.25, -0.2) is 0 Å². The quantitative estimate of drug-likeness (QED) is 0.594. The van der Waals surface area contributed by atoms with Gasteiger partial charge >= 0.3 is 0 Å². The second-order valence-corrected chi connectivity index (χ2v) is 7.97. The van der Waals surface area contributed by atoms with Gasteiger partial charge in [-0.2, -0.15) is 0 Å². The fourth-order valence-corrected chi connectivity index (χ4v) is 4.02. The number of hydrogen-bond acceptors (Lipinski definition) is 4. The van der Waals surface area contributed by atoms with Gasteiger partial charge in [-0.1, -0.05) is 60.1 Å². The predicted molar refractivity (Wildman–Crippen MR) is 119 cm³/mol. The third-order valence-corrected chi connectivity index (χ3v) is 5.90. The molecule has 0 aromatic heterocycles. The zero-order valence-corrected chi connectivity index (χ0v) is 17.8. The van der Waals surface area contributed by atoms with E-state index in [4.69, 9.17) is 21.1 Å². The highest BCUT2D eigenvalue weighted by molar-refractivity contribution is 6.30. The molecule has 0 radical (unpaired) electrons. The first-order valence-corrected chi connectivity index (χ1v) is 10.5. The highest BCUT2D eigenvalue weighted by Crippen LogP contribution is 2.38. The van der Waals surface area contributed by atoms with Crippen LogP contribution in [-0.4, -0.2) is 43.4 Å². The molecule has 3 aromatic carbocycles. The zero-order valence-electron chi connectivity index (χ0n) is 17.1. The summed E-state index contributed by atoms with van der Waals surface area (Å²) in [6.45, 7) is 4.34. The Balaban J connectivity index is 1.69. The monoisotopic (exact) mass is 423 g/mol. The Morgan fingerprint density at radius 1 is 0.867 bits per heavy atom. The molecular weight excluding hydrogens is 398 g/mol. The smallest absolute Gasteiger partial charge is 0.140 e. The van der Waals surface area contributed by atoms with Crippen LogP contribution >= 0.6 is 11.6 Å². The largest absolute Gasteiger partial charge is 0.497 e. The maximum Gasteiger partial charge on any atom is 0.140 e. The summed E-state index contributed by atoms with van der Waals surface area (Å²) in [5.41, 5.74) is 2.26. The Morgan fingerprint density at radius 3 is 1.90 bits per heavy atom. The van der Waals surface area contributed by atoms with Gasteiger partial charge in [-0.05, 0) is 46.5 Å². The molecule has 0 saturated carbocycles. The van der Waals surface area contributed by atoms with Gasteiger partial charge in [-0.3, -0.25) is 4.90 Å². The van der Waals surface area contributed by atoms with Crippen molar-refractivity contribution >= 4 is 11.6 Å². The first-order valence-electron chi connectivity index (χ1n) is 10.1. The van der Waals surface area contributed by atoms with E-state index in [9.17, 15) is 5.11 Å². The molecule has 0 aliphatic carbocycles. The number of halogens is 1. The minimum absolute atomic E-state index is 0.636. The third-order valence-electron chi connectivity index (χ3n) is 5.65. The first-order chi connectivity index (χ1) is 14.6. The lowest BCUT2D eigenvalue weighted by atomic mass is 9.80. The van der Waals surface area contributed by atoms with Crippen LogP contribution in [0.15, 0.2) is 72.8 Å². The molecule has 0 bridgehead atoms. The van der Waals surface area contributed by atoms with E-state index >= 15 is 0 Å². The van der Waals surface area contributed by atoms with Crippen LogP contribution in [0.2, 0.25) is 5.02 Å². The number of morpholine rings is 1. The molecule has 4 nitrogen and oxygen atoms in total. The van der Waals surface area contributed by atoms with E-state index in [1.165, 1.54) is 5.56 Å². The molecule has 1 heterocycles. The van der Waals surface area contributed by atoms with Gasteiger partial charge in [-0.15, -0.1) is 0 Å². The van der Waals surface area contributed by atoms with E-state index in [0.717, 1.165) is 55.3 Å². The number of aliphatic hydroxyl groups is 1. The first kappa shape index (κ1) is 20.9. The van der Waals surface area contributed by atoms with Gasteiger partial charge in [0.1, 0.15) is 11.4 Å². The van der Waals surface area contributed by atoms with Crippen LogP contribution in [0.4, 0.5) is 0 Å². The van der Waals surface area contributed by atoms with Crippen LogP contribution in [0.25, 0.3) is 0 Å². The van der Waals surface area contributed by atoms with Gasteiger partial charge in [0.15, 0.2) is 0 Å². The average molecular weight is 424 g/mol. The summed E-state index contributed by atoms with van der Waals surface area (Å²) in [6.07, 6.45) is 0. The molecule has 1 aliphatic heterocycles. The molecule has 1 fully saturated rings. The van der Waals surface area contributed by atoms with Gasteiger partial charge in [0.2, 0.25) is 0 Å². The zero-order chi connectivity index (χ0) is 21.0. The summed E-state index contributed by atoms with van der Waals surface area (Å²) in [6, 6.07) is 23.1. The summed E-state index contributed by atoms with van der Waals surface area (Å²) in [5.74, 6) is 0.748. The van der Waals surface area contributed by atoms with Crippen LogP contribution in [0, 0.1) is 0 Å². The highest BCUT2D eigenvalue weighted by Gasteiger charge is 2.34. The maximum atomic E-state index is 12.0. The lowest BCUT2D eigenvalue weighted by Crippen LogP contribution is -2.35. The number of hydrogen-bond donors (Lipinski definition) is 1. The molecule has 1 N–H and O–H groups in total. The Bertz CT molecular complexity index is 951. The van der Waals surface area contributed by atoms with Crippen LogP contribution in [0.3, 0.4) is 0 Å². The molecule has 1 unspecified atom stereocenters. The van der Waals surface area contributed by atoms with Crippen LogP contribution in [-0.2, 0) is 16.9 Å². The van der Waals surface area contributed by atoms with E-state index in [0.29, 0.717) is 5.02 Å². The van der Waals surface area contributed by atoms with Crippen molar-refractivity contribution in [3.8, 4) is 5.75 Å². The van der Waals surface area contributed by atoms with E-state index in [2.05, 4.69) is 17.0 Å². The Morgan fingerprint density at radius 2 is 1.37 bits per heavy atom. The van der Waals surface area contributed by atoms with Crippen molar-refractivity contribution in [3.05, 3.63) is 100 Å². The van der Waals surface area contributed by atoms with E-state index < -0.39 is 5.60 Å². The fourth-order valence-electron chi connectivity index (χ4n) is 3.89. The van der Waals surface area contributed by atoms with Crippen molar-refractivity contribution in [3.63, 3.8) is 0 Å². The summed E-state index contributed by atoms with van der Waals surface area (Å²) in [4.78, 5) is 2.38. The molecule has 30 heavy (non-hydrogen) atoms. The Labute approximate surface area is 182 Å². The summed E-state index contributed by atoms with van der Waals surface area (Å²) >= 11 is 6.10. The van der Waals surface area contributed by atoms with E-state index in [1.807, 2.05) is 48.5 Å². The predicted octanol–water partition coefficient (Wildman–Crippen LogP) is 4.47. The molecule has 5 heteroatoms. The average Bonchev–Trinajstić information content (AvgIpc) is 2.80. The minimum Gasteiger partial charge on any atom is -0.497 e. The second-order valence-electron chi connectivity index (χ2n) is 7.53. The molecule has 0 amide bonds. The second kappa shape index (κ2) is 9.19. The molecule has 156 valence electrons. The van der Waals surface area contributed by atoms with Crippen molar-refractivity contribution in [2.24, 2.45) is 0 Å². The van der Waals surface area contributed by atoms with E-state index in [1.54, 1.807) is 19.2 Å². The number of ether oxygens (including phenoxy) is 2. The maximum absolute atomic E-state index is 12.0. The highest BCUT2D eigenvalue weighted by atomic mass is 35.5. The van der Waals surface area contributed by atoms with Crippen LogP contribution in [0.1, 0.15) is 22.3 Å².